The van der Waals surface area contributed by atoms with E-state index in [9.17, 15) is 4.79 Å². The monoisotopic (exact) mass is 166 g/mol. The standard InChI is InChI=1S/C9H14N2O/c1-3-9(12)7(2)4-8-5-10-6-11-8/h5-7H,3-4H2,1-2H3,(H,10,11). The Morgan fingerprint density at radius 1 is 1.75 bits per heavy atom. The van der Waals surface area contributed by atoms with Crippen LogP contribution in [0.25, 0.3) is 0 Å². The number of ketones is 1. The van der Waals surface area contributed by atoms with E-state index in [1.54, 1.807) is 12.5 Å². The highest BCUT2D eigenvalue weighted by atomic mass is 16.1. The van der Waals surface area contributed by atoms with E-state index in [0.717, 1.165) is 12.1 Å². The first-order valence-corrected chi connectivity index (χ1v) is 4.24. The van der Waals surface area contributed by atoms with Gasteiger partial charge in [0.25, 0.3) is 0 Å². The summed E-state index contributed by atoms with van der Waals surface area (Å²) in [6.45, 7) is 3.85. The Bertz CT molecular complexity index is 241. The van der Waals surface area contributed by atoms with Gasteiger partial charge in [-0.05, 0) is 6.42 Å². The number of nitrogens with one attached hydrogen (secondary N) is 1. The minimum Gasteiger partial charge on any atom is -0.348 e. The van der Waals surface area contributed by atoms with Crippen molar-refractivity contribution in [2.24, 2.45) is 5.92 Å². The molecule has 1 aromatic heterocycles. The molecule has 0 saturated heterocycles. The minimum atomic E-state index is 0.107. The molecule has 1 heterocycles. The predicted octanol–water partition coefficient (Wildman–Crippen LogP) is 1.57. The number of nitrogens with zero attached hydrogens (tertiary/aromatic N) is 1. The van der Waals surface area contributed by atoms with Crippen molar-refractivity contribution in [3.63, 3.8) is 0 Å². The molecule has 12 heavy (non-hydrogen) atoms. The number of carbonyl (C=O) groups excluding carboxylic acids is 1. The molecule has 1 aromatic rings. The summed E-state index contributed by atoms with van der Waals surface area (Å²) >= 11 is 0. The van der Waals surface area contributed by atoms with E-state index >= 15 is 0 Å². The Kier molecular flexibility index (Phi) is 3.02. The van der Waals surface area contributed by atoms with Gasteiger partial charge in [-0.2, -0.15) is 0 Å². The Morgan fingerprint density at radius 2 is 2.50 bits per heavy atom. The maximum Gasteiger partial charge on any atom is 0.135 e. The van der Waals surface area contributed by atoms with E-state index in [0.29, 0.717) is 12.2 Å². The van der Waals surface area contributed by atoms with E-state index < -0.39 is 0 Å². The Balaban J connectivity index is 2.47. The fourth-order valence-corrected chi connectivity index (χ4v) is 1.19. The predicted molar refractivity (Wildman–Crippen MR) is 46.8 cm³/mol. The molecular formula is C9H14N2O. The molecule has 0 fully saturated rings. The number of aromatic nitrogens is 2. The summed E-state index contributed by atoms with van der Waals surface area (Å²) in [5.74, 6) is 0.417. The zero-order chi connectivity index (χ0) is 8.97. The molecule has 0 amide bonds. The summed E-state index contributed by atoms with van der Waals surface area (Å²) < 4.78 is 0. The maximum absolute atomic E-state index is 11.2. The van der Waals surface area contributed by atoms with E-state index in [1.165, 1.54) is 0 Å². The molecule has 0 radical (unpaired) electrons. The van der Waals surface area contributed by atoms with Gasteiger partial charge in [-0.3, -0.25) is 4.79 Å². The first-order valence-electron chi connectivity index (χ1n) is 4.24. The van der Waals surface area contributed by atoms with Gasteiger partial charge in [0.1, 0.15) is 5.78 Å². The number of rotatable bonds is 4. The van der Waals surface area contributed by atoms with Gasteiger partial charge >= 0.3 is 0 Å². The minimum absolute atomic E-state index is 0.107. The third-order valence-electron chi connectivity index (χ3n) is 1.98. The summed E-state index contributed by atoms with van der Waals surface area (Å²) in [5, 5.41) is 0. The molecule has 3 nitrogen and oxygen atoms in total. The molecule has 0 aliphatic rings. The molecule has 1 rings (SSSR count). The molecule has 3 heteroatoms. The topological polar surface area (TPSA) is 45.8 Å². The lowest BCUT2D eigenvalue weighted by Crippen LogP contribution is -2.12. The normalized spacial score (nSPS) is 12.8. The van der Waals surface area contributed by atoms with Crippen LogP contribution in [0.1, 0.15) is 26.0 Å². The first kappa shape index (κ1) is 8.97. The van der Waals surface area contributed by atoms with Gasteiger partial charge in [0.05, 0.1) is 6.33 Å². The van der Waals surface area contributed by atoms with Gasteiger partial charge in [0.15, 0.2) is 0 Å². The van der Waals surface area contributed by atoms with E-state index in [2.05, 4.69) is 9.97 Å². The average molecular weight is 166 g/mol. The summed E-state index contributed by atoms with van der Waals surface area (Å²) in [6, 6.07) is 0. The van der Waals surface area contributed by atoms with Crippen molar-refractivity contribution in [2.75, 3.05) is 0 Å². The van der Waals surface area contributed by atoms with Crippen molar-refractivity contribution in [1.82, 2.24) is 9.97 Å². The third-order valence-corrected chi connectivity index (χ3v) is 1.98. The van der Waals surface area contributed by atoms with Crippen LogP contribution in [-0.4, -0.2) is 15.8 Å². The van der Waals surface area contributed by atoms with Crippen LogP contribution in [0.15, 0.2) is 12.5 Å². The molecule has 1 N–H and O–H groups in total. The highest BCUT2D eigenvalue weighted by Crippen LogP contribution is 2.07. The van der Waals surface area contributed by atoms with Gasteiger partial charge in [-0.1, -0.05) is 13.8 Å². The fourth-order valence-electron chi connectivity index (χ4n) is 1.19. The van der Waals surface area contributed by atoms with Crippen molar-refractivity contribution in [2.45, 2.75) is 26.7 Å². The molecular weight excluding hydrogens is 152 g/mol. The second-order valence-corrected chi connectivity index (χ2v) is 3.00. The number of imidazole rings is 1. The second-order valence-electron chi connectivity index (χ2n) is 3.00. The van der Waals surface area contributed by atoms with E-state index in [4.69, 9.17) is 0 Å². The zero-order valence-electron chi connectivity index (χ0n) is 7.50. The lowest BCUT2D eigenvalue weighted by Gasteiger charge is -2.05. The molecule has 1 unspecified atom stereocenters. The highest BCUT2D eigenvalue weighted by Gasteiger charge is 2.11. The molecule has 1 atom stereocenters. The lowest BCUT2D eigenvalue weighted by molar-refractivity contribution is -0.122. The molecule has 0 aliphatic heterocycles. The summed E-state index contributed by atoms with van der Waals surface area (Å²) in [5.41, 5.74) is 1.03. The largest absolute Gasteiger partial charge is 0.348 e. The van der Waals surface area contributed by atoms with Gasteiger partial charge in [0.2, 0.25) is 0 Å². The lowest BCUT2D eigenvalue weighted by atomic mass is 9.99. The number of aromatic amines is 1. The smallest absolute Gasteiger partial charge is 0.135 e. The number of carbonyl (C=O) groups is 1. The van der Waals surface area contributed by atoms with Crippen LogP contribution in [0.3, 0.4) is 0 Å². The van der Waals surface area contributed by atoms with Crippen LogP contribution in [-0.2, 0) is 11.2 Å². The van der Waals surface area contributed by atoms with Gasteiger partial charge < -0.3 is 4.98 Å². The van der Waals surface area contributed by atoms with Gasteiger partial charge in [0, 0.05) is 24.2 Å². The van der Waals surface area contributed by atoms with E-state index in [-0.39, 0.29) is 5.92 Å². The van der Waals surface area contributed by atoms with Crippen LogP contribution < -0.4 is 0 Å². The first-order chi connectivity index (χ1) is 5.74. The van der Waals surface area contributed by atoms with Crippen LogP contribution in [0.5, 0.6) is 0 Å². The number of Topliss-reactive ketones (excluding diaryl/α,β-unsaturated/α-hetero) is 1. The number of hydrogen-bond acceptors (Lipinski definition) is 2. The number of hydrogen-bond donors (Lipinski definition) is 1. The van der Waals surface area contributed by atoms with Crippen molar-refractivity contribution in [3.8, 4) is 0 Å². The molecule has 0 spiro atoms. The molecule has 66 valence electrons. The third kappa shape index (κ3) is 2.19. The van der Waals surface area contributed by atoms with Crippen LogP contribution >= 0.6 is 0 Å². The van der Waals surface area contributed by atoms with Gasteiger partial charge in [-0.15, -0.1) is 0 Å². The molecule has 0 bridgehead atoms. The van der Waals surface area contributed by atoms with Gasteiger partial charge in [-0.25, -0.2) is 4.98 Å². The van der Waals surface area contributed by atoms with Crippen LogP contribution in [0, 0.1) is 5.92 Å². The fraction of sp³-hybridized carbons (Fsp3) is 0.556. The molecule has 0 saturated carbocycles. The van der Waals surface area contributed by atoms with Crippen molar-refractivity contribution >= 4 is 5.78 Å². The van der Waals surface area contributed by atoms with Crippen molar-refractivity contribution in [1.29, 1.82) is 0 Å². The van der Waals surface area contributed by atoms with Crippen LogP contribution in [0.4, 0.5) is 0 Å². The summed E-state index contributed by atoms with van der Waals surface area (Å²) in [7, 11) is 0. The van der Waals surface area contributed by atoms with E-state index in [1.807, 2.05) is 13.8 Å². The average Bonchev–Trinajstić information content (AvgIpc) is 2.55. The van der Waals surface area contributed by atoms with Crippen LogP contribution in [0.2, 0.25) is 0 Å². The SMILES string of the molecule is CCC(=O)C(C)Cc1cnc[nH]1. The Labute approximate surface area is 72.2 Å². The van der Waals surface area contributed by atoms with Crippen molar-refractivity contribution in [3.05, 3.63) is 18.2 Å². The molecule has 0 aromatic carbocycles. The maximum atomic E-state index is 11.2. The quantitative estimate of drug-likeness (QED) is 0.737. The Morgan fingerprint density at radius 3 is 3.00 bits per heavy atom. The molecule has 0 aliphatic carbocycles. The number of H-pyrrole nitrogens is 1. The highest BCUT2D eigenvalue weighted by molar-refractivity contribution is 5.80. The zero-order valence-corrected chi connectivity index (χ0v) is 7.50. The summed E-state index contributed by atoms with van der Waals surface area (Å²) in [6.07, 6.45) is 4.79. The second kappa shape index (κ2) is 4.04. The Hall–Kier alpha value is -1.12. The van der Waals surface area contributed by atoms with Crippen molar-refractivity contribution < 1.29 is 4.79 Å². The summed E-state index contributed by atoms with van der Waals surface area (Å²) in [4.78, 5) is 18.1.